The molecule has 1 atom stereocenters. The molecule has 4 nitrogen and oxygen atoms in total. The SMILES string of the molecule is CCC1(C(F)(F)F)CC(c2cccc(OC)c2)=NN1C(=O)CCCc1ccccc1. The molecular formula is C23H25F3N2O2. The summed E-state index contributed by atoms with van der Waals surface area (Å²) in [7, 11) is 1.49. The lowest BCUT2D eigenvalue weighted by Gasteiger charge is -2.37. The second-order valence-corrected chi connectivity index (χ2v) is 7.38. The van der Waals surface area contributed by atoms with Crippen LogP contribution in [0.2, 0.25) is 0 Å². The first-order chi connectivity index (χ1) is 14.3. The van der Waals surface area contributed by atoms with Crippen LogP contribution in [0.4, 0.5) is 13.2 Å². The summed E-state index contributed by atoms with van der Waals surface area (Å²) in [5, 5.41) is 4.86. The fourth-order valence-corrected chi connectivity index (χ4v) is 3.75. The summed E-state index contributed by atoms with van der Waals surface area (Å²) in [6.07, 6.45) is -4.15. The van der Waals surface area contributed by atoms with Crippen LogP contribution in [-0.2, 0) is 11.2 Å². The molecule has 0 aromatic heterocycles. The number of ether oxygens (including phenoxy) is 1. The minimum absolute atomic E-state index is 0.00160. The van der Waals surface area contributed by atoms with Crippen LogP contribution in [0.3, 0.4) is 0 Å². The zero-order chi connectivity index (χ0) is 21.8. The van der Waals surface area contributed by atoms with E-state index in [0.717, 1.165) is 5.56 Å². The molecule has 0 radical (unpaired) electrons. The van der Waals surface area contributed by atoms with Crippen molar-refractivity contribution in [1.29, 1.82) is 0 Å². The number of aryl methyl sites for hydroxylation is 1. The Hall–Kier alpha value is -2.83. The van der Waals surface area contributed by atoms with Gasteiger partial charge >= 0.3 is 6.18 Å². The van der Waals surface area contributed by atoms with E-state index in [1.54, 1.807) is 24.3 Å². The van der Waals surface area contributed by atoms with Gasteiger partial charge in [0.1, 0.15) is 5.75 Å². The first-order valence-electron chi connectivity index (χ1n) is 9.96. The van der Waals surface area contributed by atoms with Crippen molar-refractivity contribution in [3.63, 3.8) is 0 Å². The Morgan fingerprint density at radius 3 is 2.53 bits per heavy atom. The van der Waals surface area contributed by atoms with Crippen molar-refractivity contribution in [2.75, 3.05) is 7.11 Å². The molecule has 1 aliphatic heterocycles. The molecule has 160 valence electrons. The molecule has 0 fully saturated rings. The van der Waals surface area contributed by atoms with Crippen molar-refractivity contribution in [2.24, 2.45) is 5.10 Å². The minimum atomic E-state index is -4.60. The summed E-state index contributed by atoms with van der Waals surface area (Å²) in [4.78, 5) is 12.9. The third-order valence-corrected chi connectivity index (χ3v) is 5.54. The number of amides is 1. The molecule has 2 aromatic carbocycles. The zero-order valence-electron chi connectivity index (χ0n) is 17.1. The Balaban J connectivity index is 1.84. The van der Waals surface area contributed by atoms with Gasteiger partial charge in [-0.3, -0.25) is 4.79 Å². The highest BCUT2D eigenvalue weighted by Gasteiger charge is 2.62. The van der Waals surface area contributed by atoms with E-state index in [1.807, 2.05) is 30.3 Å². The summed E-state index contributed by atoms with van der Waals surface area (Å²) >= 11 is 0. The molecule has 7 heteroatoms. The second kappa shape index (κ2) is 8.90. The molecule has 0 spiro atoms. The molecule has 0 N–H and O–H groups in total. The van der Waals surface area contributed by atoms with Gasteiger partial charge < -0.3 is 4.74 Å². The molecule has 0 saturated carbocycles. The van der Waals surface area contributed by atoms with Crippen LogP contribution in [-0.4, -0.2) is 35.5 Å². The highest BCUT2D eigenvalue weighted by molar-refractivity contribution is 6.04. The van der Waals surface area contributed by atoms with Gasteiger partial charge in [-0.15, -0.1) is 0 Å². The lowest BCUT2D eigenvalue weighted by molar-refractivity contribution is -0.227. The van der Waals surface area contributed by atoms with E-state index < -0.39 is 17.6 Å². The van der Waals surface area contributed by atoms with Gasteiger partial charge in [0, 0.05) is 18.4 Å². The number of benzene rings is 2. The quantitative estimate of drug-likeness (QED) is 0.607. The summed E-state index contributed by atoms with van der Waals surface area (Å²) in [5.41, 5.74) is -0.514. The standard InChI is InChI=1S/C23H25F3N2O2/c1-3-22(23(24,25)26)16-20(18-12-8-13-19(15-18)30-2)27-28(22)21(29)14-7-11-17-9-5-4-6-10-17/h4-6,8-10,12-13,15H,3,7,11,14,16H2,1-2H3. The summed E-state index contributed by atoms with van der Waals surface area (Å²) in [5.74, 6) is -0.0834. The van der Waals surface area contributed by atoms with Crippen LogP contribution >= 0.6 is 0 Å². The van der Waals surface area contributed by atoms with Crippen molar-refractivity contribution < 1.29 is 22.7 Å². The van der Waals surface area contributed by atoms with Crippen molar-refractivity contribution in [2.45, 2.75) is 50.7 Å². The largest absolute Gasteiger partial charge is 0.497 e. The Bertz CT molecular complexity index is 912. The van der Waals surface area contributed by atoms with E-state index in [0.29, 0.717) is 29.2 Å². The molecule has 0 aliphatic carbocycles. The Morgan fingerprint density at radius 1 is 1.17 bits per heavy atom. The van der Waals surface area contributed by atoms with Crippen molar-refractivity contribution >= 4 is 11.6 Å². The number of hydrogen-bond acceptors (Lipinski definition) is 3. The fraction of sp³-hybridized carbons (Fsp3) is 0.391. The molecule has 1 amide bonds. The second-order valence-electron chi connectivity index (χ2n) is 7.38. The Kier molecular flexibility index (Phi) is 6.48. The first-order valence-corrected chi connectivity index (χ1v) is 9.96. The number of methoxy groups -OCH3 is 1. The monoisotopic (exact) mass is 418 g/mol. The summed E-state index contributed by atoms with van der Waals surface area (Å²) < 4.78 is 47.6. The molecule has 1 heterocycles. The Labute approximate surface area is 174 Å². The van der Waals surface area contributed by atoms with Gasteiger partial charge in [0.15, 0.2) is 5.54 Å². The highest BCUT2D eigenvalue weighted by Crippen LogP contribution is 2.46. The van der Waals surface area contributed by atoms with Crippen molar-refractivity contribution in [3.05, 3.63) is 65.7 Å². The van der Waals surface area contributed by atoms with Gasteiger partial charge in [-0.2, -0.15) is 18.3 Å². The molecule has 2 aromatic rings. The number of nitrogens with zero attached hydrogens (tertiary/aromatic N) is 2. The van der Waals surface area contributed by atoms with E-state index in [1.165, 1.54) is 14.0 Å². The van der Waals surface area contributed by atoms with Crippen LogP contribution in [0.1, 0.15) is 43.7 Å². The smallest absolute Gasteiger partial charge is 0.414 e. The van der Waals surface area contributed by atoms with E-state index in [2.05, 4.69) is 5.10 Å². The van der Waals surface area contributed by atoms with Crippen LogP contribution in [0.5, 0.6) is 5.75 Å². The van der Waals surface area contributed by atoms with Gasteiger partial charge in [-0.05, 0) is 37.0 Å². The number of carbonyl (C=O) groups excluding carboxylic acids is 1. The maximum Gasteiger partial charge on any atom is 0.414 e. The van der Waals surface area contributed by atoms with Crippen LogP contribution in [0, 0.1) is 0 Å². The normalized spacial score (nSPS) is 19.0. The number of hydrogen-bond donors (Lipinski definition) is 0. The van der Waals surface area contributed by atoms with Crippen LogP contribution < -0.4 is 4.74 Å². The number of carbonyl (C=O) groups is 1. The van der Waals surface area contributed by atoms with Gasteiger partial charge in [-0.1, -0.05) is 49.4 Å². The molecule has 3 rings (SSSR count). The molecule has 1 unspecified atom stereocenters. The van der Waals surface area contributed by atoms with E-state index in [9.17, 15) is 18.0 Å². The highest BCUT2D eigenvalue weighted by atomic mass is 19.4. The predicted octanol–water partition coefficient (Wildman–Crippen LogP) is 5.37. The lowest BCUT2D eigenvalue weighted by atomic mass is 9.87. The maximum atomic E-state index is 14.2. The van der Waals surface area contributed by atoms with Crippen molar-refractivity contribution in [1.82, 2.24) is 5.01 Å². The molecule has 0 saturated heterocycles. The number of hydrazone groups is 1. The number of halogens is 3. The van der Waals surface area contributed by atoms with Crippen LogP contribution in [0.25, 0.3) is 0 Å². The topological polar surface area (TPSA) is 41.9 Å². The average Bonchev–Trinajstić information content (AvgIpc) is 3.16. The van der Waals surface area contributed by atoms with E-state index in [-0.39, 0.29) is 25.0 Å². The average molecular weight is 418 g/mol. The van der Waals surface area contributed by atoms with Crippen LogP contribution in [0.15, 0.2) is 59.7 Å². The van der Waals surface area contributed by atoms with Gasteiger partial charge in [0.05, 0.1) is 12.8 Å². The summed E-state index contributed by atoms with van der Waals surface area (Å²) in [6.45, 7) is 1.45. The molecule has 30 heavy (non-hydrogen) atoms. The van der Waals surface area contributed by atoms with Crippen molar-refractivity contribution in [3.8, 4) is 5.75 Å². The first kappa shape index (κ1) is 21.9. The lowest BCUT2D eigenvalue weighted by Crippen LogP contribution is -2.56. The summed E-state index contributed by atoms with van der Waals surface area (Å²) in [6, 6.07) is 16.3. The van der Waals surface area contributed by atoms with Gasteiger partial charge in [-0.25, -0.2) is 5.01 Å². The minimum Gasteiger partial charge on any atom is -0.497 e. The fourth-order valence-electron chi connectivity index (χ4n) is 3.75. The van der Waals surface area contributed by atoms with E-state index >= 15 is 0 Å². The predicted molar refractivity (Wildman–Crippen MR) is 109 cm³/mol. The maximum absolute atomic E-state index is 14.2. The van der Waals surface area contributed by atoms with E-state index in [4.69, 9.17) is 4.74 Å². The Morgan fingerprint density at radius 2 is 1.90 bits per heavy atom. The third kappa shape index (κ3) is 4.35. The third-order valence-electron chi connectivity index (χ3n) is 5.54. The van der Waals surface area contributed by atoms with Gasteiger partial charge in [0.2, 0.25) is 5.91 Å². The number of rotatable bonds is 7. The van der Waals surface area contributed by atoms with Gasteiger partial charge in [0.25, 0.3) is 0 Å². The molecule has 1 aliphatic rings. The number of alkyl halides is 3. The zero-order valence-corrected chi connectivity index (χ0v) is 17.1. The molecule has 0 bridgehead atoms. The molecular weight excluding hydrogens is 393 g/mol.